The van der Waals surface area contributed by atoms with Crippen LogP contribution in [0.1, 0.15) is 15.9 Å². The molecule has 0 fully saturated rings. The van der Waals surface area contributed by atoms with E-state index in [9.17, 15) is 17.6 Å². The molecule has 0 atom stereocenters. The molecule has 25 heavy (non-hydrogen) atoms. The Morgan fingerprint density at radius 2 is 1.76 bits per heavy atom. The number of carbonyl (C=O) groups is 1. The van der Waals surface area contributed by atoms with Crippen LogP contribution in [0.25, 0.3) is 0 Å². The lowest BCUT2D eigenvalue weighted by molar-refractivity contribution is 0.0785. The highest BCUT2D eigenvalue weighted by atomic mass is 32.2. The molecule has 0 saturated heterocycles. The molecule has 7 heteroatoms. The van der Waals surface area contributed by atoms with E-state index in [4.69, 9.17) is 0 Å². The number of hydrogen-bond acceptors (Lipinski definition) is 3. The summed E-state index contributed by atoms with van der Waals surface area (Å²) in [4.78, 5) is 14.0. The summed E-state index contributed by atoms with van der Waals surface area (Å²) in [6, 6.07) is 11.6. The molecule has 2 rings (SSSR count). The van der Waals surface area contributed by atoms with Crippen molar-refractivity contribution in [2.75, 3.05) is 13.6 Å². The fraction of sp³-hybridized carbons (Fsp3) is 0.167. The van der Waals surface area contributed by atoms with Crippen molar-refractivity contribution in [3.63, 3.8) is 0 Å². The SMILES string of the molecule is C=CCNS(=O)(=O)c1ccc(C(=O)N(C)Cc2ccc(F)cc2)cc1. The standard InChI is InChI=1S/C18H19FN2O3S/c1-3-12-20-25(23,24)17-10-6-15(7-11-17)18(22)21(2)13-14-4-8-16(19)9-5-14/h3-11,20H,1,12-13H2,2H3. The summed E-state index contributed by atoms with van der Waals surface area (Å²) in [5, 5.41) is 0. The van der Waals surface area contributed by atoms with Crippen LogP contribution in [-0.2, 0) is 16.6 Å². The predicted octanol–water partition coefficient (Wildman–Crippen LogP) is 2.56. The molecular weight excluding hydrogens is 343 g/mol. The molecule has 132 valence electrons. The molecule has 0 aromatic heterocycles. The number of nitrogens with one attached hydrogen (secondary N) is 1. The fourth-order valence-corrected chi connectivity index (χ4v) is 3.18. The Bertz CT molecular complexity index is 847. The summed E-state index contributed by atoms with van der Waals surface area (Å²) in [7, 11) is -1.99. The Kier molecular flexibility index (Phi) is 6.06. The van der Waals surface area contributed by atoms with Crippen LogP contribution in [-0.4, -0.2) is 32.8 Å². The normalized spacial score (nSPS) is 11.1. The molecule has 0 radical (unpaired) electrons. The van der Waals surface area contributed by atoms with Crippen LogP contribution in [0.5, 0.6) is 0 Å². The summed E-state index contributed by atoms with van der Waals surface area (Å²) in [6.07, 6.45) is 1.44. The zero-order valence-electron chi connectivity index (χ0n) is 13.8. The van der Waals surface area contributed by atoms with Crippen molar-refractivity contribution in [1.29, 1.82) is 0 Å². The van der Waals surface area contributed by atoms with E-state index in [0.29, 0.717) is 12.1 Å². The van der Waals surface area contributed by atoms with E-state index < -0.39 is 10.0 Å². The van der Waals surface area contributed by atoms with Crippen LogP contribution >= 0.6 is 0 Å². The van der Waals surface area contributed by atoms with E-state index >= 15 is 0 Å². The van der Waals surface area contributed by atoms with Crippen LogP contribution in [0.3, 0.4) is 0 Å². The third-order valence-corrected chi connectivity index (χ3v) is 4.95. The van der Waals surface area contributed by atoms with Crippen molar-refractivity contribution in [1.82, 2.24) is 9.62 Å². The van der Waals surface area contributed by atoms with Crippen molar-refractivity contribution < 1.29 is 17.6 Å². The quantitative estimate of drug-likeness (QED) is 0.770. The number of carbonyl (C=O) groups excluding carboxylic acids is 1. The lowest BCUT2D eigenvalue weighted by Crippen LogP contribution is -2.26. The van der Waals surface area contributed by atoms with Crippen molar-refractivity contribution >= 4 is 15.9 Å². The summed E-state index contributed by atoms with van der Waals surface area (Å²) >= 11 is 0. The second-order valence-corrected chi connectivity index (χ2v) is 7.22. The first-order valence-corrected chi connectivity index (χ1v) is 9.02. The van der Waals surface area contributed by atoms with Gasteiger partial charge in [0.25, 0.3) is 5.91 Å². The fourth-order valence-electron chi connectivity index (χ4n) is 2.18. The third kappa shape index (κ3) is 4.98. The molecule has 1 amide bonds. The topological polar surface area (TPSA) is 66.5 Å². The smallest absolute Gasteiger partial charge is 0.253 e. The van der Waals surface area contributed by atoms with Gasteiger partial charge < -0.3 is 4.90 Å². The lowest BCUT2D eigenvalue weighted by atomic mass is 10.1. The molecule has 0 bridgehead atoms. The summed E-state index contributed by atoms with van der Waals surface area (Å²) in [5.74, 6) is -0.591. The highest BCUT2D eigenvalue weighted by Crippen LogP contribution is 2.13. The minimum Gasteiger partial charge on any atom is -0.337 e. The Morgan fingerprint density at radius 3 is 2.32 bits per heavy atom. The second kappa shape index (κ2) is 8.04. The lowest BCUT2D eigenvalue weighted by Gasteiger charge is -2.17. The van der Waals surface area contributed by atoms with Crippen molar-refractivity contribution in [2.24, 2.45) is 0 Å². The van der Waals surface area contributed by atoms with Gasteiger partial charge >= 0.3 is 0 Å². The first-order valence-electron chi connectivity index (χ1n) is 7.54. The molecule has 0 spiro atoms. The van der Waals surface area contributed by atoms with Gasteiger partial charge in [-0.05, 0) is 42.0 Å². The number of halogens is 1. The summed E-state index contributed by atoms with van der Waals surface area (Å²) < 4.78 is 39.3. The van der Waals surface area contributed by atoms with E-state index in [1.165, 1.54) is 47.4 Å². The number of nitrogens with zero attached hydrogens (tertiary/aromatic N) is 1. The van der Waals surface area contributed by atoms with Crippen LogP contribution in [0.15, 0.2) is 66.1 Å². The van der Waals surface area contributed by atoms with Crippen molar-refractivity contribution in [3.05, 3.63) is 78.1 Å². The Labute approximate surface area is 146 Å². The van der Waals surface area contributed by atoms with Gasteiger partial charge in [-0.15, -0.1) is 6.58 Å². The van der Waals surface area contributed by atoms with Crippen LogP contribution < -0.4 is 4.72 Å². The zero-order valence-corrected chi connectivity index (χ0v) is 14.6. The van der Waals surface area contributed by atoms with Gasteiger partial charge in [-0.3, -0.25) is 4.79 Å². The van der Waals surface area contributed by atoms with Crippen molar-refractivity contribution in [3.8, 4) is 0 Å². The van der Waals surface area contributed by atoms with Gasteiger partial charge in [-0.25, -0.2) is 17.5 Å². The molecule has 0 aliphatic rings. The number of benzene rings is 2. The minimum atomic E-state index is -3.62. The van der Waals surface area contributed by atoms with Gasteiger partial charge in [-0.1, -0.05) is 18.2 Å². The maximum atomic E-state index is 12.9. The number of hydrogen-bond donors (Lipinski definition) is 1. The average Bonchev–Trinajstić information content (AvgIpc) is 2.61. The predicted molar refractivity (Wildman–Crippen MR) is 94.0 cm³/mol. The Hall–Kier alpha value is -2.51. The van der Waals surface area contributed by atoms with Gasteiger partial charge in [0.2, 0.25) is 10.0 Å². The molecule has 0 unspecified atom stereocenters. The molecular formula is C18H19FN2O3S. The van der Waals surface area contributed by atoms with Gasteiger partial charge in [0, 0.05) is 25.7 Å². The summed E-state index contributed by atoms with van der Waals surface area (Å²) in [6.45, 7) is 3.90. The van der Waals surface area contributed by atoms with Crippen LogP contribution in [0, 0.1) is 5.82 Å². The first-order chi connectivity index (χ1) is 11.8. The highest BCUT2D eigenvalue weighted by Gasteiger charge is 2.16. The van der Waals surface area contributed by atoms with Gasteiger partial charge in [-0.2, -0.15) is 0 Å². The first kappa shape index (κ1) is 18.8. The van der Waals surface area contributed by atoms with E-state index in [2.05, 4.69) is 11.3 Å². The largest absolute Gasteiger partial charge is 0.337 e. The molecule has 2 aromatic carbocycles. The Balaban J connectivity index is 2.09. The number of amides is 1. The van der Waals surface area contributed by atoms with E-state index in [1.807, 2.05) is 0 Å². The second-order valence-electron chi connectivity index (χ2n) is 5.45. The van der Waals surface area contributed by atoms with E-state index in [0.717, 1.165) is 5.56 Å². The molecule has 0 aliphatic heterocycles. The third-order valence-electron chi connectivity index (χ3n) is 3.51. The maximum absolute atomic E-state index is 12.9. The molecule has 0 saturated carbocycles. The minimum absolute atomic E-state index is 0.0760. The average molecular weight is 362 g/mol. The van der Waals surface area contributed by atoms with Gasteiger partial charge in [0.05, 0.1) is 4.90 Å². The van der Waals surface area contributed by atoms with Crippen LogP contribution in [0.4, 0.5) is 4.39 Å². The Morgan fingerprint density at radius 1 is 1.16 bits per heavy atom. The maximum Gasteiger partial charge on any atom is 0.253 e. The monoisotopic (exact) mass is 362 g/mol. The van der Waals surface area contributed by atoms with E-state index in [-0.39, 0.29) is 23.2 Å². The van der Waals surface area contributed by atoms with E-state index in [1.54, 1.807) is 19.2 Å². The molecule has 0 aliphatic carbocycles. The van der Waals surface area contributed by atoms with Crippen LogP contribution in [0.2, 0.25) is 0 Å². The molecule has 0 heterocycles. The highest BCUT2D eigenvalue weighted by molar-refractivity contribution is 7.89. The van der Waals surface area contributed by atoms with Gasteiger partial charge in [0.15, 0.2) is 0 Å². The molecule has 2 aromatic rings. The molecule has 5 nitrogen and oxygen atoms in total. The number of rotatable bonds is 7. The molecule has 1 N–H and O–H groups in total. The summed E-state index contributed by atoms with van der Waals surface area (Å²) in [5.41, 5.74) is 1.16. The number of sulfonamides is 1. The van der Waals surface area contributed by atoms with Crippen molar-refractivity contribution in [2.45, 2.75) is 11.4 Å². The zero-order chi connectivity index (χ0) is 18.4. The van der Waals surface area contributed by atoms with Gasteiger partial charge in [0.1, 0.15) is 5.82 Å².